The van der Waals surface area contributed by atoms with E-state index in [0.717, 1.165) is 18.8 Å². The predicted molar refractivity (Wildman–Crippen MR) is 141 cm³/mol. The monoisotopic (exact) mass is 565 g/mol. The number of benzene rings is 1. The van der Waals surface area contributed by atoms with Gasteiger partial charge in [0.1, 0.15) is 6.04 Å². The summed E-state index contributed by atoms with van der Waals surface area (Å²) < 4.78 is -0.855. The molecule has 3 fully saturated rings. The number of alkyl halides is 1. The average molecular weight is 567 g/mol. The zero-order valence-corrected chi connectivity index (χ0v) is 22.4. The summed E-state index contributed by atoms with van der Waals surface area (Å²) in [6.07, 6.45) is 2.16. The number of carboxylic acids is 1. The number of hydrogen-bond donors (Lipinski definition) is 2. The molecule has 4 rings (SSSR count). The van der Waals surface area contributed by atoms with Gasteiger partial charge in [-0.1, -0.05) is 22.0 Å². The molecule has 1 aromatic rings. The molecular formula is C25H32BrN3O5S. The van der Waals surface area contributed by atoms with E-state index in [1.54, 1.807) is 11.0 Å². The first-order valence-corrected chi connectivity index (χ1v) is 13.8. The second-order valence-corrected chi connectivity index (χ2v) is 11.9. The van der Waals surface area contributed by atoms with Crippen molar-refractivity contribution >= 4 is 56.9 Å². The molecule has 1 aromatic carbocycles. The predicted octanol–water partition coefficient (Wildman–Crippen LogP) is 2.59. The fourth-order valence-corrected chi connectivity index (χ4v) is 9.67. The molecule has 8 nitrogen and oxygen atoms in total. The lowest BCUT2D eigenvalue weighted by Gasteiger charge is -2.37. The van der Waals surface area contributed by atoms with Crippen molar-refractivity contribution in [2.75, 3.05) is 42.6 Å². The number of carbonyl (C=O) groups excluding carboxylic acids is 2. The molecule has 3 unspecified atom stereocenters. The minimum atomic E-state index is -1.01. The van der Waals surface area contributed by atoms with Crippen LogP contribution in [0.5, 0.6) is 0 Å². The van der Waals surface area contributed by atoms with E-state index in [-0.39, 0.29) is 41.6 Å². The zero-order valence-electron chi connectivity index (χ0n) is 20.0. The summed E-state index contributed by atoms with van der Waals surface area (Å²) in [5.74, 6) is -3.30. The van der Waals surface area contributed by atoms with E-state index in [4.69, 9.17) is 0 Å². The largest absolute Gasteiger partial charge is 0.481 e. The summed E-state index contributed by atoms with van der Waals surface area (Å²) >= 11 is 5.08. The third kappa shape index (κ3) is 4.07. The highest BCUT2D eigenvalue weighted by molar-refractivity contribution is 9.09. The van der Waals surface area contributed by atoms with Crippen LogP contribution in [0.3, 0.4) is 0 Å². The second kappa shape index (κ2) is 10.1. The first-order valence-electron chi connectivity index (χ1n) is 12.0. The Bertz CT molecular complexity index is 1000. The van der Waals surface area contributed by atoms with E-state index in [9.17, 15) is 24.6 Å². The lowest BCUT2D eigenvalue weighted by Crippen LogP contribution is -2.56. The average Bonchev–Trinajstić information content (AvgIpc) is 3.42. The van der Waals surface area contributed by atoms with Gasteiger partial charge >= 0.3 is 5.97 Å². The highest BCUT2D eigenvalue weighted by Crippen LogP contribution is 2.67. The molecule has 35 heavy (non-hydrogen) atoms. The Balaban J connectivity index is 1.74. The molecule has 0 saturated carbocycles. The first-order chi connectivity index (χ1) is 16.7. The lowest BCUT2D eigenvalue weighted by molar-refractivity contribution is -0.148. The molecule has 2 bridgehead atoms. The van der Waals surface area contributed by atoms with Crippen LogP contribution in [0, 0.1) is 11.8 Å². The summed E-state index contributed by atoms with van der Waals surface area (Å²) in [6.45, 7) is 9.66. The Morgan fingerprint density at radius 3 is 2.43 bits per heavy atom. The van der Waals surface area contributed by atoms with E-state index in [1.165, 1.54) is 16.7 Å². The number of likely N-dealkylation sites (tertiary alicyclic amines) is 1. The number of carbonyl (C=O) groups is 3. The van der Waals surface area contributed by atoms with Crippen LogP contribution in [-0.4, -0.2) is 86.5 Å². The van der Waals surface area contributed by atoms with E-state index in [1.807, 2.05) is 24.3 Å². The number of thioether (sulfide) groups is 1. The summed E-state index contributed by atoms with van der Waals surface area (Å²) in [5, 5.41) is 19.4. The fourth-order valence-electron chi connectivity index (χ4n) is 6.07. The van der Waals surface area contributed by atoms with Gasteiger partial charge < -0.3 is 24.9 Å². The third-order valence-electron chi connectivity index (χ3n) is 7.52. The number of carboxylic acid groups (broad SMARTS) is 1. The Labute approximate surface area is 218 Å². The highest BCUT2D eigenvalue weighted by Gasteiger charge is 2.76. The summed E-state index contributed by atoms with van der Waals surface area (Å²) in [6, 6.07) is 6.87. The number of fused-ring (bicyclic) bond motifs is 1. The smallest absolute Gasteiger partial charge is 0.308 e. The van der Waals surface area contributed by atoms with Crippen LogP contribution in [0.15, 0.2) is 36.9 Å². The molecule has 6 atom stereocenters. The Hall–Kier alpha value is -2.04. The number of β-amino-alcohol motifs (C(OH)–C–C–N with tert-alkyl or cyclic N) is 1. The van der Waals surface area contributed by atoms with Crippen molar-refractivity contribution in [2.24, 2.45) is 11.8 Å². The molecule has 2 amide bonds. The number of halogens is 1. The Morgan fingerprint density at radius 2 is 1.89 bits per heavy atom. The van der Waals surface area contributed by atoms with Crippen molar-refractivity contribution < 1.29 is 24.6 Å². The third-order valence-corrected chi connectivity index (χ3v) is 10.7. The van der Waals surface area contributed by atoms with Gasteiger partial charge in [-0.2, -0.15) is 0 Å². The van der Waals surface area contributed by atoms with Crippen LogP contribution in [0.25, 0.3) is 0 Å². The van der Waals surface area contributed by atoms with E-state index in [2.05, 4.69) is 41.3 Å². The SMILES string of the molecule is C=CCN(C(=O)C1N(CCO)C(=O)[C@@H]2[C@@H](C(=O)O)[C@@H]3SC12CC3Br)c1ccc(N(CC)CC)cc1. The molecule has 2 N–H and O–H groups in total. The molecule has 0 aliphatic carbocycles. The quantitative estimate of drug-likeness (QED) is 0.332. The minimum Gasteiger partial charge on any atom is -0.481 e. The van der Waals surface area contributed by atoms with Gasteiger partial charge in [0.15, 0.2) is 0 Å². The highest BCUT2D eigenvalue weighted by atomic mass is 79.9. The molecule has 3 heterocycles. The molecule has 3 aliphatic heterocycles. The van der Waals surface area contributed by atoms with Crippen LogP contribution in [-0.2, 0) is 14.4 Å². The topological polar surface area (TPSA) is 101 Å². The number of aliphatic carboxylic acids is 1. The van der Waals surface area contributed by atoms with Crippen LogP contribution >= 0.6 is 27.7 Å². The van der Waals surface area contributed by atoms with Gasteiger partial charge in [0.2, 0.25) is 5.91 Å². The van der Waals surface area contributed by atoms with Gasteiger partial charge in [0.25, 0.3) is 5.91 Å². The molecule has 0 aromatic heterocycles. The van der Waals surface area contributed by atoms with Crippen molar-refractivity contribution in [3.05, 3.63) is 36.9 Å². The Morgan fingerprint density at radius 1 is 1.26 bits per heavy atom. The summed E-state index contributed by atoms with van der Waals surface area (Å²) in [7, 11) is 0. The van der Waals surface area contributed by atoms with Crippen molar-refractivity contribution in [1.29, 1.82) is 0 Å². The second-order valence-electron chi connectivity index (χ2n) is 9.18. The van der Waals surface area contributed by atoms with Gasteiger partial charge in [-0.25, -0.2) is 0 Å². The summed E-state index contributed by atoms with van der Waals surface area (Å²) in [5.41, 5.74) is 1.74. The van der Waals surface area contributed by atoms with Gasteiger partial charge in [-0.15, -0.1) is 18.3 Å². The van der Waals surface area contributed by atoms with Crippen molar-refractivity contribution in [1.82, 2.24) is 4.90 Å². The molecule has 1 spiro atoms. The van der Waals surface area contributed by atoms with E-state index >= 15 is 0 Å². The Kier molecular flexibility index (Phi) is 7.54. The maximum Gasteiger partial charge on any atom is 0.308 e. The number of rotatable bonds is 10. The molecule has 3 aliphatic rings. The van der Waals surface area contributed by atoms with E-state index < -0.39 is 28.6 Å². The molecule has 3 saturated heterocycles. The number of anilines is 2. The number of amides is 2. The fraction of sp³-hybridized carbons (Fsp3) is 0.560. The number of nitrogens with zero attached hydrogens (tertiary/aromatic N) is 3. The van der Waals surface area contributed by atoms with Gasteiger partial charge in [-0.3, -0.25) is 14.4 Å². The van der Waals surface area contributed by atoms with Crippen molar-refractivity contribution in [3.63, 3.8) is 0 Å². The minimum absolute atomic E-state index is 0.0131. The first kappa shape index (κ1) is 26.0. The molecular weight excluding hydrogens is 534 g/mol. The van der Waals surface area contributed by atoms with E-state index in [0.29, 0.717) is 12.1 Å². The molecule has 190 valence electrons. The summed E-state index contributed by atoms with van der Waals surface area (Å²) in [4.78, 5) is 45.1. The van der Waals surface area contributed by atoms with Crippen LogP contribution in [0.1, 0.15) is 20.3 Å². The number of hydrogen-bond acceptors (Lipinski definition) is 6. The van der Waals surface area contributed by atoms with Gasteiger partial charge in [-0.05, 0) is 44.5 Å². The van der Waals surface area contributed by atoms with Crippen LogP contribution < -0.4 is 9.80 Å². The lowest BCUT2D eigenvalue weighted by atomic mass is 9.71. The molecule has 0 radical (unpaired) electrons. The maximum atomic E-state index is 14.2. The van der Waals surface area contributed by atoms with Gasteiger partial charge in [0, 0.05) is 47.6 Å². The normalized spacial score (nSPS) is 30.9. The van der Waals surface area contributed by atoms with Gasteiger partial charge in [0.05, 0.1) is 23.2 Å². The molecule has 10 heteroatoms. The van der Waals surface area contributed by atoms with Crippen LogP contribution in [0.2, 0.25) is 0 Å². The van der Waals surface area contributed by atoms with Crippen LogP contribution in [0.4, 0.5) is 11.4 Å². The standard InChI is InChI=1S/C25H32BrN3O5S/c1-4-11-28(16-9-7-15(8-10-16)27(5-2)6-3)23(32)21-25-14-17(26)20(35-25)18(24(33)34)19(25)22(31)29(21)12-13-30/h4,7-10,17-21,30H,1,5-6,11-14H2,2-3H3,(H,33,34)/t17?,18-,19+,20-,21?,25?/m1/s1. The zero-order chi connectivity index (χ0) is 25.5. The number of aliphatic hydroxyl groups is 1. The maximum absolute atomic E-state index is 14.2. The van der Waals surface area contributed by atoms with Crippen molar-refractivity contribution in [2.45, 2.75) is 41.1 Å². The van der Waals surface area contributed by atoms with Crippen molar-refractivity contribution in [3.8, 4) is 0 Å². The number of aliphatic hydroxyl groups excluding tert-OH is 1.